The van der Waals surface area contributed by atoms with E-state index in [9.17, 15) is 9.50 Å². The molecule has 0 bridgehead atoms. The van der Waals surface area contributed by atoms with Crippen LogP contribution in [0.25, 0.3) is 0 Å². The van der Waals surface area contributed by atoms with Gasteiger partial charge in [-0.25, -0.2) is 4.39 Å². The minimum Gasteiger partial charge on any atom is -0.507 e. The molecule has 0 fully saturated rings. The van der Waals surface area contributed by atoms with Crippen LogP contribution in [0.4, 0.5) is 4.39 Å². The number of nitrogens with one attached hydrogen (secondary N) is 1. The van der Waals surface area contributed by atoms with Gasteiger partial charge in [-0.1, -0.05) is 73.4 Å². The van der Waals surface area contributed by atoms with Gasteiger partial charge in [0.25, 0.3) is 0 Å². The van der Waals surface area contributed by atoms with Crippen molar-refractivity contribution >= 4 is 13.9 Å². The average molecular weight is 460 g/mol. The van der Waals surface area contributed by atoms with Crippen LogP contribution in [0.15, 0.2) is 30.3 Å². The lowest BCUT2D eigenvalue weighted by molar-refractivity contribution is 0.420. The Labute approximate surface area is 197 Å². The fourth-order valence-electron chi connectivity index (χ4n) is 4.31. The summed E-state index contributed by atoms with van der Waals surface area (Å²) < 4.78 is 14.2. The molecule has 2 atom stereocenters. The number of halogens is 1. The highest BCUT2D eigenvalue weighted by molar-refractivity contribution is 7.48. The summed E-state index contributed by atoms with van der Waals surface area (Å²) in [6.45, 7) is 20.0. The lowest BCUT2D eigenvalue weighted by atomic mass is 9.80. The minimum absolute atomic E-state index is 0.0472. The summed E-state index contributed by atoms with van der Waals surface area (Å²) in [7, 11) is 0.444. The number of aryl methyl sites for hydroxylation is 1. The zero-order valence-corrected chi connectivity index (χ0v) is 22.5. The first kappa shape index (κ1) is 26.8. The van der Waals surface area contributed by atoms with Gasteiger partial charge in [0.15, 0.2) is 0 Å². The van der Waals surface area contributed by atoms with Gasteiger partial charge in [-0.15, -0.1) is 0 Å². The van der Waals surface area contributed by atoms with E-state index in [4.69, 9.17) is 0 Å². The van der Waals surface area contributed by atoms with Gasteiger partial charge in [0.1, 0.15) is 11.6 Å². The third kappa shape index (κ3) is 6.55. The molecule has 0 aliphatic rings. The van der Waals surface area contributed by atoms with Crippen LogP contribution in [-0.4, -0.2) is 10.6 Å². The zero-order valence-electron chi connectivity index (χ0n) is 21.5. The van der Waals surface area contributed by atoms with E-state index in [1.807, 2.05) is 6.07 Å². The van der Waals surface area contributed by atoms with E-state index in [1.54, 1.807) is 12.1 Å². The maximum Gasteiger partial charge on any atom is 0.123 e. The molecular formula is C28H43FNOP. The van der Waals surface area contributed by atoms with Crippen LogP contribution >= 0.6 is 8.58 Å². The molecule has 2 N–H and O–H groups in total. The number of benzene rings is 2. The maximum atomic E-state index is 14.2. The molecule has 178 valence electrons. The summed E-state index contributed by atoms with van der Waals surface area (Å²) in [6, 6.07) is 9.49. The molecule has 2 aromatic rings. The Kier molecular flexibility index (Phi) is 8.57. The molecule has 0 saturated carbocycles. The van der Waals surface area contributed by atoms with E-state index in [2.05, 4.69) is 79.8 Å². The highest BCUT2D eigenvalue weighted by Gasteiger charge is 2.35. The van der Waals surface area contributed by atoms with Crippen LogP contribution in [0.1, 0.15) is 96.9 Å². The van der Waals surface area contributed by atoms with Gasteiger partial charge in [-0.2, -0.15) is 0 Å². The Bertz CT molecular complexity index is 926. The fourth-order valence-corrected chi connectivity index (χ4v) is 6.19. The normalized spacial score (nSPS) is 14.8. The van der Waals surface area contributed by atoms with Gasteiger partial charge < -0.3 is 10.4 Å². The predicted octanol–water partition coefficient (Wildman–Crippen LogP) is 7.43. The van der Waals surface area contributed by atoms with Crippen LogP contribution < -0.4 is 10.6 Å². The van der Waals surface area contributed by atoms with Crippen molar-refractivity contribution in [3.8, 4) is 5.75 Å². The van der Waals surface area contributed by atoms with Gasteiger partial charge in [-0.3, -0.25) is 0 Å². The van der Waals surface area contributed by atoms with Crippen molar-refractivity contribution in [2.75, 3.05) is 0 Å². The Morgan fingerprint density at radius 1 is 0.969 bits per heavy atom. The largest absolute Gasteiger partial charge is 0.507 e. The first-order valence-corrected chi connectivity index (χ1v) is 12.9. The van der Waals surface area contributed by atoms with Crippen molar-refractivity contribution < 1.29 is 9.50 Å². The van der Waals surface area contributed by atoms with Crippen molar-refractivity contribution in [3.63, 3.8) is 0 Å². The number of phenols is 1. The molecule has 0 aliphatic carbocycles. The van der Waals surface area contributed by atoms with Crippen LogP contribution in [0.5, 0.6) is 5.75 Å². The summed E-state index contributed by atoms with van der Waals surface area (Å²) in [4.78, 5) is 0. The number of hydrogen-bond donors (Lipinski definition) is 2. The minimum atomic E-state index is -0.199. The first-order valence-electron chi connectivity index (χ1n) is 11.9. The van der Waals surface area contributed by atoms with Crippen molar-refractivity contribution in [3.05, 3.63) is 58.4 Å². The molecule has 4 heteroatoms. The summed E-state index contributed by atoms with van der Waals surface area (Å²) in [5, 5.41) is 16.0. The Balaban J connectivity index is 2.63. The number of rotatable bonds is 8. The number of hydrogen-bond acceptors (Lipinski definition) is 2. The topological polar surface area (TPSA) is 32.3 Å². The summed E-state index contributed by atoms with van der Waals surface area (Å²) in [6.07, 6.45) is 2.92. The zero-order chi connectivity index (χ0) is 24.3. The SMILES string of the molecule is CCCC(CC)(Pc1ccc(F)cc1CNC(C)(C)C)c1cc(C)cc(C(C)(C)C)c1O. The Hall–Kier alpha value is -1.44. The van der Waals surface area contributed by atoms with E-state index in [1.165, 1.54) is 10.9 Å². The maximum absolute atomic E-state index is 14.2. The second kappa shape index (κ2) is 10.2. The van der Waals surface area contributed by atoms with E-state index in [0.717, 1.165) is 36.0 Å². The summed E-state index contributed by atoms with van der Waals surface area (Å²) >= 11 is 0. The van der Waals surface area contributed by atoms with Crippen molar-refractivity contribution in [2.24, 2.45) is 0 Å². The molecule has 0 heterocycles. The van der Waals surface area contributed by atoms with Gasteiger partial charge in [0.2, 0.25) is 0 Å². The van der Waals surface area contributed by atoms with Crippen molar-refractivity contribution in [1.82, 2.24) is 5.32 Å². The lowest BCUT2D eigenvalue weighted by Gasteiger charge is -2.37. The smallest absolute Gasteiger partial charge is 0.123 e. The molecule has 0 saturated heterocycles. The van der Waals surface area contributed by atoms with E-state index in [-0.39, 0.29) is 21.9 Å². The first-order chi connectivity index (χ1) is 14.7. The van der Waals surface area contributed by atoms with Crippen LogP contribution in [0.3, 0.4) is 0 Å². The lowest BCUT2D eigenvalue weighted by Crippen LogP contribution is -2.36. The van der Waals surface area contributed by atoms with Crippen molar-refractivity contribution in [1.29, 1.82) is 0 Å². The number of phenolic OH excluding ortho intramolecular Hbond substituents is 1. The van der Waals surface area contributed by atoms with E-state index >= 15 is 0 Å². The van der Waals surface area contributed by atoms with Gasteiger partial charge in [0.05, 0.1) is 0 Å². The summed E-state index contributed by atoms with van der Waals surface area (Å²) in [5.74, 6) is 0.234. The molecule has 0 aliphatic heterocycles. The molecule has 2 aromatic carbocycles. The highest BCUT2D eigenvalue weighted by atomic mass is 31.1. The van der Waals surface area contributed by atoms with Crippen molar-refractivity contribution in [2.45, 2.75) is 104 Å². The quantitative estimate of drug-likeness (QED) is 0.402. The number of aromatic hydroxyl groups is 1. The molecule has 0 amide bonds. The molecule has 32 heavy (non-hydrogen) atoms. The molecule has 2 unspecified atom stereocenters. The average Bonchev–Trinajstić information content (AvgIpc) is 2.67. The molecular weight excluding hydrogens is 416 g/mol. The third-order valence-corrected chi connectivity index (χ3v) is 8.22. The Morgan fingerprint density at radius 2 is 1.59 bits per heavy atom. The summed E-state index contributed by atoms with van der Waals surface area (Å²) in [5.41, 5.74) is 4.04. The predicted molar refractivity (Wildman–Crippen MR) is 139 cm³/mol. The monoisotopic (exact) mass is 459 g/mol. The van der Waals surface area contributed by atoms with Gasteiger partial charge >= 0.3 is 0 Å². The molecule has 2 nitrogen and oxygen atoms in total. The van der Waals surface area contributed by atoms with Gasteiger partial charge in [-0.05, 0) is 74.5 Å². The standard InChI is InChI=1S/C28H43FNOP/c1-10-14-28(11-2,23-16-19(3)15-22(25(23)31)26(4,5)6)32-24-13-12-21(29)17-20(24)18-30-27(7,8)9/h12-13,15-17,30-32H,10-11,14,18H2,1-9H3. The highest BCUT2D eigenvalue weighted by Crippen LogP contribution is 2.53. The molecule has 0 spiro atoms. The molecule has 0 aromatic heterocycles. The van der Waals surface area contributed by atoms with Crippen LogP contribution in [0, 0.1) is 12.7 Å². The third-order valence-electron chi connectivity index (χ3n) is 6.11. The van der Waals surface area contributed by atoms with Crippen LogP contribution in [-0.2, 0) is 17.1 Å². The second-order valence-electron chi connectivity index (χ2n) is 11.2. The molecule has 2 rings (SSSR count). The van der Waals surface area contributed by atoms with E-state index in [0.29, 0.717) is 20.9 Å². The fraction of sp³-hybridized carbons (Fsp3) is 0.571. The van der Waals surface area contributed by atoms with E-state index < -0.39 is 0 Å². The van der Waals surface area contributed by atoms with Crippen LogP contribution in [0.2, 0.25) is 0 Å². The molecule has 0 radical (unpaired) electrons. The Morgan fingerprint density at radius 3 is 2.12 bits per heavy atom. The second-order valence-corrected chi connectivity index (χ2v) is 12.9. The van der Waals surface area contributed by atoms with Gasteiger partial charge in [0, 0.05) is 22.8 Å².